The first-order valence-electron chi connectivity index (χ1n) is 11.2. The van der Waals surface area contributed by atoms with Gasteiger partial charge in [-0.2, -0.15) is 0 Å². The first-order valence-corrected chi connectivity index (χ1v) is 11.2. The van der Waals surface area contributed by atoms with E-state index in [2.05, 4.69) is 15.3 Å². The fraction of sp³-hybridized carbons (Fsp3) is 0.375. The number of benzene rings is 1. The van der Waals surface area contributed by atoms with Crippen LogP contribution in [-0.4, -0.2) is 89.5 Å². The van der Waals surface area contributed by atoms with E-state index in [4.69, 9.17) is 10.1 Å². The van der Waals surface area contributed by atoms with Gasteiger partial charge in [-0.1, -0.05) is 18.2 Å². The Kier molecular flexibility index (Phi) is 7.15. The molecule has 0 aliphatic heterocycles. The molecular formula is C24H30N6O5. The van der Waals surface area contributed by atoms with E-state index >= 15 is 0 Å². The highest BCUT2D eigenvalue weighted by atomic mass is 16.4. The Balaban J connectivity index is 1.63. The standard InChI is InChI=1S/C24H30N6O5/c1-13-5-4-6-14(2)20(13)28-23-16-9-25-12-30(16)24-15(26-23)7-8-19(27-24)29(3)10-17(32)21(34)22(35)18(33)11-31/h4-9,12,17-18,21-22,31-35H,10-11H2,1-3H3,(H,26,28)/t17-,18+,21+,22+/m0/s1. The summed E-state index contributed by atoms with van der Waals surface area (Å²) in [5.74, 6) is 1.14. The summed E-state index contributed by atoms with van der Waals surface area (Å²) < 4.78 is 1.82. The number of hydrogen-bond donors (Lipinski definition) is 6. The van der Waals surface area contributed by atoms with E-state index in [1.54, 1.807) is 36.6 Å². The lowest BCUT2D eigenvalue weighted by Crippen LogP contribution is -2.49. The fourth-order valence-corrected chi connectivity index (χ4v) is 3.99. The third-order valence-corrected chi connectivity index (χ3v) is 6.08. The zero-order valence-electron chi connectivity index (χ0n) is 19.7. The van der Waals surface area contributed by atoms with Crippen molar-refractivity contribution in [1.29, 1.82) is 0 Å². The molecule has 0 saturated heterocycles. The molecule has 0 fully saturated rings. The van der Waals surface area contributed by atoms with Crippen LogP contribution in [0.3, 0.4) is 0 Å². The minimum atomic E-state index is -1.69. The van der Waals surface area contributed by atoms with Gasteiger partial charge >= 0.3 is 0 Å². The maximum absolute atomic E-state index is 10.3. The molecule has 3 heterocycles. The molecule has 4 atom stereocenters. The number of hydrogen-bond acceptors (Lipinski definition) is 10. The Morgan fingerprint density at radius 2 is 1.66 bits per heavy atom. The first kappa shape index (κ1) is 24.8. The van der Waals surface area contributed by atoms with E-state index in [9.17, 15) is 20.4 Å². The average Bonchev–Trinajstić information content (AvgIpc) is 3.35. The van der Waals surface area contributed by atoms with Crippen molar-refractivity contribution >= 4 is 34.0 Å². The first-order chi connectivity index (χ1) is 16.7. The summed E-state index contributed by atoms with van der Waals surface area (Å²) in [4.78, 5) is 15.3. The molecule has 0 aliphatic rings. The van der Waals surface area contributed by atoms with Gasteiger partial charge in [-0.15, -0.1) is 0 Å². The third-order valence-electron chi connectivity index (χ3n) is 6.08. The summed E-state index contributed by atoms with van der Waals surface area (Å²) >= 11 is 0. The number of aliphatic hydroxyl groups excluding tert-OH is 5. The number of nitrogens with one attached hydrogen (secondary N) is 1. The topological polar surface area (TPSA) is 160 Å². The number of aryl methyl sites for hydroxylation is 2. The van der Waals surface area contributed by atoms with Gasteiger partial charge in [0, 0.05) is 19.3 Å². The monoisotopic (exact) mass is 482 g/mol. The molecule has 6 N–H and O–H groups in total. The van der Waals surface area contributed by atoms with Crippen molar-refractivity contribution in [2.45, 2.75) is 38.3 Å². The second-order valence-corrected chi connectivity index (χ2v) is 8.69. The molecule has 1 aromatic carbocycles. The molecular weight excluding hydrogens is 452 g/mol. The van der Waals surface area contributed by atoms with Crippen LogP contribution in [0, 0.1) is 13.8 Å². The van der Waals surface area contributed by atoms with Gasteiger partial charge < -0.3 is 35.7 Å². The Labute approximate surface area is 202 Å². The highest BCUT2D eigenvalue weighted by Gasteiger charge is 2.30. The molecule has 0 radical (unpaired) electrons. The number of aromatic nitrogens is 4. The molecule has 0 amide bonds. The van der Waals surface area contributed by atoms with Gasteiger partial charge in [0.25, 0.3) is 0 Å². The lowest BCUT2D eigenvalue weighted by Gasteiger charge is -2.29. The molecule has 0 spiro atoms. The van der Waals surface area contributed by atoms with Gasteiger partial charge in [-0.3, -0.25) is 4.40 Å². The van der Waals surface area contributed by atoms with Crippen LogP contribution in [0.2, 0.25) is 0 Å². The molecule has 186 valence electrons. The predicted octanol–water partition coefficient (Wildman–Crippen LogP) is 0.510. The maximum atomic E-state index is 10.3. The highest BCUT2D eigenvalue weighted by Crippen LogP contribution is 2.28. The van der Waals surface area contributed by atoms with Gasteiger partial charge in [0.1, 0.15) is 41.5 Å². The van der Waals surface area contributed by atoms with Crippen LogP contribution >= 0.6 is 0 Å². The zero-order chi connectivity index (χ0) is 25.3. The van der Waals surface area contributed by atoms with Crippen LogP contribution in [0.1, 0.15) is 11.1 Å². The van der Waals surface area contributed by atoms with E-state index in [0.29, 0.717) is 22.8 Å². The van der Waals surface area contributed by atoms with Crippen LogP contribution in [0.25, 0.3) is 16.7 Å². The summed E-state index contributed by atoms with van der Waals surface area (Å²) in [6.45, 7) is 3.24. The number of rotatable bonds is 9. The zero-order valence-corrected chi connectivity index (χ0v) is 19.7. The van der Waals surface area contributed by atoms with Crippen molar-refractivity contribution in [3.05, 3.63) is 54.0 Å². The molecule has 4 aromatic rings. The van der Waals surface area contributed by atoms with Gasteiger partial charge in [0.05, 0.1) is 18.9 Å². The molecule has 0 aliphatic carbocycles. The third kappa shape index (κ3) is 4.90. The summed E-state index contributed by atoms with van der Waals surface area (Å²) in [7, 11) is 1.67. The van der Waals surface area contributed by atoms with Crippen molar-refractivity contribution in [1.82, 2.24) is 19.4 Å². The quantitative estimate of drug-likeness (QED) is 0.198. The number of imidazole rings is 1. The van der Waals surface area contributed by atoms with Crippen molar-refractivity contribution in [3.8, 4) is 0 Å². The Morgan fingerprint density at radius 3 is 2.34 bits per heavy atom. The van der Waals surface area contributed by atoms with Crippen molar-refractivity contribution in [2.75, 3.05) is 30.4 Å². The normalized spacial score (nSPS) is 15.2. The van der Waals surface area contributed by atoms with Crippen LogP contribution < -0.4 is 10.2 Å². The molecule has 35 heavy (non-hydrogen) atoms. The number of pyridine rings is 1. The van der Waals surface area contributed by atoms with E-state index < -0.39 is 31.0 Å². The number of aliphatic hydroxyl groups is 5. The summed E-state index contributed by atoms with van der Waals surface area (Å²) in [6.07, 6.45) is -2.95. The summed E-state index contributed by atoms with van der Waals surface area (Å²) in [5, 5.41) is 52.2. The smallest absolute Gasteiger partial charge is 0.166 e. The molecule has 0 bridgehead atoms. The number of nitrogens with zero attached hydrogens (tertiary/aromatic N) is 5. The lowest BCUT2D eigenvalue weighted by atomic mass is 10.0. The minimum absolute atomic E-state index is 0.0818. The average molecular weight is 483 g/mol. The van der Waals surface area contributed by atoms with Gasteiger partial charge in [0.2, 0.25) is 0 Å². The molecule has 0 unspecified atom stereocenters. The second-order valence-electron chi connectivity index (χ2n) is 8.69. The molecule has 3 aromatic heterocycles. The molecule has 11 nitrogen and oxygen atoms in total. The van der Waals surface area contributed by atoms with Crippen molar-refractivity contribution < 1.29 is 25.5 Å². The highest BCUT2D eigenvalue weighted by molar-refractivity contribution is 5.85. The van der Waals surface area contributed by atoms with Crippen LogP contribution in [-0.2, 0) is 0 Å². The van der Waals surface area contributed by atoms with Gasteiger partial charge in [-0.25, -0.2) is 15.0 Å². The Hall–Kier alpha value is -3.35. The predicted molar refractivity (Wildman–Crippen MR) is 132 cm³/mol. The minimum Gasteiger partial charge on any atom is -0.394 e. The summed E-state index contributed by atoms with van der Waals surface area (Å²) in [6, 6.07) is 9.60. The van der Waals surface area contributed by atoms with E-state index in [1.807, 2.05) is 36.4 Å². The largest absolute Gasteiger partial charge is 0.394 e. The van der Waals surface area contributed by atoms with E-state index in [0.717, 1.165) is 22.3 Å². The summed E-state index contributed by atoms with van der Waals surface area (Å²) in [5.41, 5.74) is 5.09. The Bertz CT molecular complexity index is 1310. The van der Waals surface area contributed by atoms with Crippen molar-refractivity contribution in [2.24, 2.45) is 0 Å². The maximum Gasteiger partial charge on any atom is 0.166 e. The van der Waals surface area contributed by atoms with Crippen molar-refractivity contribution in [3.63, 3.8) is 0 Å². The second kappa shape index (κ2) is 10.1. The van der Waals surface area contributed by atoms with Crippen LogP contribution in [0.15, 0.2) is 42.9 Å². The van der Waals surface area contributed by atoms with Crippen LogP contribution in [0.5, 0.6) is 0 Å². The SMILES string of the molecule is Cc1cccc(C)c1Nc1nc2ccc(N(C)C[C@H](O)[C@@H](O)[C@H](O)[C@H](O)CO)nc2n2cncc12. The number of likely N-dealkylation sites (N-methyl/N-ethyl adjacent to an activating group) is 1. The molecule has 4 rings (SSSR count). The van der Waals surface area contributed by atoms with Gasteiger partial charge in [0.15, 0.2) is 11.5 Å². The Morgan fingerprint density at radius 1 is 0.971 bits per heavy atom. The fourth-order valence-electron chi connectivity index (χ4n) is 3.99. The van der Waals surface area contributed by atoms with E-state index in [-0.39, 0.29) is 6.54 Å². The lowest BCUT2D eigenvalue weighted by molar-refractivity contribution is -0.112. The molecule has 11 heteroatoms. The number of para-hydroxylation sites is 1. The number of fused-ring (bicyclic) bond motifs is 3. The number of anilines is 3. The van der Waals surface area contributed by atoms with Crippen LogP contribution in [0.4, 0.5) is 17.3 Å². The van der Waals surface area contributed by atoms with E-state index in [1.165, 1.54) is 0 Å². The van der Waals surface area contributed by atoms with Gasteiger partial charge in [-0.05, 0) is 37.1 Å². The molecule has 0 saturated carbocycles.